The maximum atomic E-state index is 13.4. The predicted octanol–water partition coefficient (Wildman–Crippen LogP) is 4.46. The van der Waals surface area contributed by atoms with E-state index in [1.165, 1.54) is 6.07 Å². The molecule has 0 spiro atoms. The molecule has 0 saturated heterocycles. The van der Waals surface area contributed by atoms with Gasteiger partial charge in [-0.2, -0.15) is 0 Å². The summed E-state index contributed by atoms with van der Waals surface area (Å²) in [6, 6.07) is 10.5. The van der Waals surface area contributed by atoms with E-state index in [0.29, 0.717) is 12.2 Å². The number of anilines is 2. The number of nitrogens with two attached hydrogens (primary N) is 1. The van der Waals surface area contributed by atoms with E-state index >= 15 is 0 Å². The van der Waals surface area contributed by atoms with Crippen molar-refractivity contribution in [1.29, 1.82) is 0 Å². The van der Waals surface area contributed by atoms with Crippen molar-refractivity contribution in [1.82, 2.24) is 0 Å². The zero-order chi connectivity index (χ0) is 14.0. The van der Waals surface area contributed by atoms with Crippen LogP contribution in [0.4, 0.5) is 15.8 Å². The molecule has 0 aliphatic carbocycles. The Bertz CT molecular complexity index is 604. The lowest BCUT2D eigenvalue weighted by Crippen LogP contribution is -2.17. The van der Waals surface area contributed by atoms with Gasteiger partial charge in [-0.05, 0) is 35.9 Å². The van der Waals surface area contributed by atoms with Gasteiger partial charge >= 0.3 is 0 Å². The van der Waals surface area contributed by atoms with Crippen LogP contribution in [-0.2, 0) is 6.54 Å². The zero-order valence-electron chi connectivity index (χ0n) is 10.3. The van der Waals surface area contributed by atoms with Crippen LogP contribution < -0.4 is 10.6 Å². The molecule has 2 nitrogen and oxygen atoms in total. The Morgan fingerprint density at radius 2 is 2.00 bits per heavy atom. The van der Waals surface area contributed by atoms with Gasteiger partial charge in [-0.25, -0.2) is 4.39 Å². The minimum Gasteiger partial charge on any atom is -0.397 e. The Hall–Kier alpha value is -1.26. The highest BCUT2D eigenvalue weighted by Gasteiger charge is 2.08. The molecule has 0 bridgehead atoms. The normalized spacial score (nSPS) is 10.5. The third-order valence-electron chi connectivity index (χ3n) is 2.80. The second-order valence-electron chi connectivity index (χ2n) is 4.31. The zero-order valence-corrected chi connectivity index (χ0v) is 12.7. The molecule has 0 saturated carbocycles. The fourth-order valence-electron chi connectivity index (χ4n) is 1.87. The van der Waals surface area contributed by atoms with E-state index in [-0.39, 0.29) is 5.02 Å². The number of rotatable bonds is 3. The van der Waals surface area contributed by atoms with E-state index in [4.69, 9.17) is 17.3 Å². The van der Waals surface area contributed by atoms with Gasteiger partial charge in [0.15, 0.2) is 0 Å². The average molecular weight is 344 g/mol. The summed E-state index contributed by atoms with van der Waals surface area (Å²) in [5, 5.41) is 0.134. The topological polar surface area (TPSA) is 29.3 Å². The largest absolute Gasteiger partial charge is 0.397 e. The summed E-state index contributed by atoms with van der Waals surface area (Å²) in [5.74, 6) is -0.406. The highest BCUT2D eigenvalue weighted by atomic mass is 79.9. The van der Waals surface area contributed by atoms with Crippen molar-refractivity contribution in [2.75, 3.05) is 17.7 Å². The minimum atomic E-state index is -0.406. The Balaban J connectivity index is 2.20. The van der Waals surface area contributed by atoms with Gasteiger partial charge in [0.05, 0.1) is 16.4 Å². The van der Waals surface area contributed by atoms with Gasteiger partial charge in [0.25, 0.3) is 0 Å². The molecule has 19 heavy (non-hydrogen) atoms. The highest BCUT2D eigenvalue weighted by molar-refractivity contribution is 9.10. The molecule has 0 unspecified atom stereocenters. The molecule has 0 atom stereocenters. The molecule has 2 aromatic carbocycles. The van der Waals surface area contributed by atoms with Crippen molar-refractivity contribution < 1.29 is 4.39 Å². The van der Waals surface area contributed by atoms with Gasteiger partial charge in [0, 0.05) is 18.1 Å². The molecule has 0 amide bonds. The monoisotopic (exact) mass is 342 g/mol. The van der Waals surface area contributed by atoms with Crippen molar-refractivity contribution in [3.8, 4) is 0 Å². The second kappa shape index (κ2) is 5.80. The molecule has 0 aliphatic heterocycles. The number of hydrogen-bond acceptors (Lipinski definition) is 2. The summed E-state index contributed by atoms with van der Waals surface area (Å²) in [4.78, 5) is 1.96. The molecule has 2 N–H and O–H groups in total. The van der Waals surface area contributed by atoms with Gasteiger partial charge in [-0.15, -0.1) is 0 Å². The van der Waals surface area contributed by atoms with Crippen LogP contribution in [0.2, 0.25) is 5.02 Å². The average Bonchev–Trinajstić information content (AvgIpc) is 2.33. The van der Waals surface area contributed by atoms with Gasteiger partial charge < -0.3 is 10.6 Å². The molecule has 0 aliphatic rings. The van der Waals surface area contributed by atoms with Crippen LogP contribution in [0.1, 0.15) is 5.56 Å². The van der Waals surface area contributed by atoms with Crippen molar-refractivity contribution in [2.45, 2.75) is 6.54 Å². The number of halogens is 3. The maximum Gasteiger partial charge on any atom is 0.142 e. The summed E-state index contributed by atoms with van der Waals surface area (Å²) in [6.45, 7) is 0.555. The highest BCUT2D eigenvalue weighted by Crippen LogP contribution is 2.27. The van der Waals surface area contributed by atoms with E-state index < -0.39 is 5.82 Å². The molecule has 100 valence electrons. The lowest BCUT2D eigenvalue weighted by atomic mass is 10.2. The second-order valence-corrected chi connectivity index (χ2v) is 5.63. The predicted molar refractivity (Wildman–Crippen MR) is 82.1 cm³/mol. The Morgan fingerprint density at radius 1 is 1.26 bits per heavy atom. The Morgan fingerprint density at radius 3 is 2.63 bits per heavy atom. The standard InChI is InChI=1S/C14H13BrClFN2/c1-19(14-5-3-10(15)7-13(14)18)8-9-2-4-11(16)12(17)6-9/h2-7H,8,18H2,1H3. The SMILES string of the molecule is CN(Cc1ccc(Cl)c(F)c1)c1ccc(Br)cc1N. The van der Waals surface area contributed by atoms with Gasteiger partial charge in [-0.3, -0.25) is 0 Å². The van der Waals surface area contributed by atoms with E-state index in [1.54, 1.807) is 12.1 Å². The van der Waals surface area contributed by atoms with Gasteiger partial charge in [0.2, 0.25) is 0 Å². The van der Waals surface area contributed by atoms with Crippen LogP contribution in [-0.4, -0.2) is 7.05 Å². The smallest absolute Gasteiger partial charge is 0.142 e. The lowest BCUT2D eigenvalue weighted by Gasteiger charge is -2.21. The first-order valence-electron chi connectivity index (χ1n) is 5.67. The van der Waals surface area contributed by atoms with Crippen LogP contribution in [0.15, 0.2) is 40.9 Å². The molecule has 0 fully saturated rings. The summed E-state index contributed by atoms with van der Waals surface area (Å²) < 4.78 is 14.3. The molecule has 2 aromatic rings. The van der Waals surface area contributed by atoms with Gasteiger partial charge in [0.1, 0.15) is 5.82 Å². The maximum absolute atomic E-state index is 13.4. The number of hydrogen-bond donors (Lipinski definition) is 1. The van der Waals surface area contributed by atoms with Crippen molar-refractivity contribution in [2.24, 2.45) is 0 Å². The first-order chi connectivity index (χ1) is 8.97. The van der Waals surface area contributed by atoms with Crippen LogP contribution in [0, 0.1) is 5.82 Å². The fourth-order valence-corrected chi connectivity index (χ4v) is 2.37. The number of nitrogens with zero attached hydrogens (tertiary/aromatic N) is 1. The van der Waals surface area contributed by atoms with Gasteiger partial charge in [-0.1, -0.05) is 33.6 Å². The first kappa shape index (κ1) is 14.2. The van der Waals surface area contributed by atoms with E-state index in [1.807, 2.05) is 30.1 Å². The Labute approximate surface area is 125 Å². The van der Waals surface area contributed by atoms with E-state index in [0.717, 1.165) is 15.7 Å². The van der Waals surface area contributed by atoms with Crippen LogP contribution >= 0.6 is 27.5 Å². The number of nitrogen functional groups attached to an aromatic ring is 1. The molecular formula is C14H13BrClFN2. The van der Waals surface area contributed by atoms with Crippen molar-refractivity contribution in [3.05, 3.63) is 57.3 Å². The van der Waals surface area contributed by atoms with Crippen molar-refractivity contribution >= 4 is 38.9 Å². The molecule has 0 aromatic heterocycles. The molecule has 0 heterocycles. The third kappa shape index (κ3) is 3.39. The summed E-state index contributed by atoms with van der Waals surface area (Å²) in [5.41, 5.74) is 8.38. The molecule has 5 heteroatoms. The van der Waals surface area contributed by atoms with E-state index in [2.05, 4.69) is 15.9 Å². The third-order valence-corrected chi connectivity index (χ3v) is 3.60. The summed E-state index contributed by atoms with van der Waals surface area (Å²) >= 11 is 9.03. The first-order valence-corrected chi connectivity index (χ1v) is 6.84. The molecule has 0 radical (unpaired) electrons. The summed E-state index contributed by atoms with van der Waals surface area (Å²) in [6.07, 6.45) is 0. The molecule has 2 rings (SSSR count). The molecular weight excluding hydrogens is 331 g/mol. The summed E-state index contributed by atoms with van der Waals surface area (Å²) in [7, 11) is 1.91. The fraction of sp³-hybridized carbons (Fsp3) is 0.143. The van der Waals surface area contributed by atoms with Crippen LogP contribution in [0.5, 0.6) is 0 Å². The minimum absolute atomic E-state index is 0.134. The number of benzene rings is 2. The van der Waals surface area contributed by atoms with Crippen molar-refractivity contribution in [3.63, 3.8) is 0 Å². The van der Waals surface area contributed by atoms with Crippen LogP contribution in [0.3, 0.4) is 0 Å². The van der Waals surface area contributed by atoms with E-state index in [9.17, 15) is 4.39 Å². The quantitative estimate of drug-likeness (QED) is 0.834. The Kier molecular flexibility index (Phi) is 4.32. The lowest BCUT2D eigenvalue weighted by molar-refractivity contribution is 0.625. The van der Waals surface area contributed by atoms with Crippen LogP contribution in [0.25, 0.3) is 0 Å².